The van der Waals surface area contributed by atoms with Crippen molar-refractivity contribution in [1.82, 2.24) is 4.90 Å². The zero-order chi connectivity index (χ0) is 17.6. The Morgan fingerprint density at radius 3 is 2.24 bits per heavy atom. The number of nitrogens with zero attached hydrogens (tertiary/aromatic N) is 1. The van der Waals surface area contributed by atoms with Gasteiger partial charge < -0.3 is 14.2 Å². The second-order valence-electron chi connectivity index (χ2n) is 6.21. The van der Waals surface area contributed by atoms with E-state index in [1.54, 1.807) is 14.2 Å². The summed E-state index contributed by atoms with van der Waals surface area (Å²) in [5, 5.41) is 0. The maximum atomic E-state index is 6.23. The van der Waals surface area contributed by atoms with E-state index in [9.17, 15) is 0 Å². The molecule has 0 radical (unpaired) electrons. The van der Waals surface area contributed by atoms with Gasteiger partial charge in [-0.3, -0.25) is 4.90 Å². The lowest BCUT2D eigenvalue weighted by Gasteiger charge is -2.32. The standard InChI is InChI=1S/C20H24BrNO3/c1-23-18-7-4-8-19(24-2)20(18)25-17-9-11-22(12-10-17)14-15-5-3-6-16(21)13-15/h3-8,13,17H,9-12,14H2,1-2H3. The van der Waals surface area contributed by atoms with Crippen molar-refractivity contribution in [1.29, 1.82) is 0 Å². The molecule has 5 heteroatoms. The second-order valence-corrected chi connectivity index (χ2v) is 7.13. The number of ether oxygens (including phenoxy) is 3. The van der Waals surface area contributed by atoms with Crippen molar-refractivity contribution in [2.45, 2.75) is 25.5 Å². The van der Waals surface area contributed by atoms with Crippen LogP contribution in [0.3, 0.4) is 0 Å². The van der Waals surface area contributed by atoms with E-state index in [0.29, 0.717) is 5.75 Å². The van der Waals surface area contributed by atoms with Crippen LogP contribution in [0.2, 0.25) is 0 Å². The van der Waals surface area contributed by atoms with Crippen molar-refractivity contribution < 1.29 is 14.2 Å². The van der Waals surface area contributed by atoms with Gasteiger partial charge in [-0.2, -0.15) is 0 Å². The van der Waals surface area contributed by atoms with Crippen LogP contribution in [-0.2, 0) is 6.54 Å². The van der Waals surface area contributed by atoms with E-state index in [1.807, 2.05) is 18.2 Å². The van der Waals surface area contributed by atoms with Gasteiger partial charge in [0.2, 0.25) is 5.75 Å². The van der Waals surface area contributed by atoms with E-state index >= 15 is 0 Å². The summed E-state index contributed by atoms with van der Waals surface area (Å²) < 4.78 is 18.2. The maximum absolute atomic E-state index is 6.23. The molecule has 1 saturated heterocycles. The fourth-order valence-electron chi connectivity index (χ4n) is 3.18. The minimum absolute atomic E-state index is 0.184. The predicted octanol–water partition coefficient (Wildman–Crippen LogP) is 4.51. The van der Waals surface area contributed by atoms with Gasteiger partial charge in [0.05, 0.1) is 14.2 Å². The SMILES string of the molecule is COc1cccc(OC)c1OC1CCN(Cc2cccc(Br)c2)CC1. The van der Waals surface area contributed by atoms with Crippen molar-refractivity contribution in [2.24, 2.45) is 0 Å². The van der Waals surface area contributed by atoms with Crippen molar-refractivity contribution >= 4 is 15.9 Å². The lowest BCUT2D eigenvalue weighted by atomic mass is 10.1. The van der Waals surface area contributed by atoms with Crippen molar-refractivity contribution in [3.05, 3.63) is 52.5 Å². The molecule has 0 aromatic heterocycles. The van der Waals surface area contributed by atoms with Gasteiger partial charge in [0.1, 0.15) is 6.10 Å². The molecular formula is C20H24BrNO3. The first-order chi connectivity index (χ1) is 12.2. The summed E-state index contributed by atoms with van der Waals surface area (Å²) in [5.74, 6) is 2.14. The highest BCUT2D eigenvalue weighted by Gasteiger charge is 2.23. The van der Waals surface area contributed by atoms with Crippen molar-refractivity contribution in [3.8, 4) is 17.2 Å². The zero-order valence-electron chi connectivity index (χ0n) is 14.7. The van der Waals surface area contributed by atoms with Crippen LogP contribution in [0.5, 0.6) is 17.2 Å². The molecule has 1 aliphatic rings. The highest BCUT2D eigenvalue weighted by Crippen LogP contribution is 2.38. The molecule has 1 aliphatic heterocycles. The Kier molecular flexibility index (Phi) is 6.21. The zero-order valence-corrected chi connectivity index (χ0v) is 16.3. The molecule has 0 aliphatic carbocycles. The van der Waals surface area contributed by atoms with Crippen LogP contribution in [-0.4, -0.2) is 38.3 Å². The maximum Gasteiger partial charge on any atom is 0.203 e. The normalized spacial score (nSPS) is 15.8. The Bertz CT molecular complexity index is 677. The third-order valence-corrected chi connectivity index (χ3v) is 4.99. The Morgan fingerprint density at radius 2 is 1.64 bits per heavy atom. The van der Waals surface area contributed by atoms with Gasteiger partial charge in [-0.25, -0.2) is 0 Å². The van der Waals surface area contributed by atoms with Gasteiger partial charge in [-0.15, -0.1) is 0 Å². The number of para-hydroxylation sites is 1. The Balaban J connectivity index is 1.58. The number of benzene rings is 2. The molecule has 2 aromatic carbocycles. The quantitative estimate of drug-likeness (QED) is 0.707. The molecule has 0 spiro atoms. The molecule has 3 rings (SSSR count). The van der Waals surface area contributed by atoms with E-state index in [1.165, 1.54) is 5.56 Å². The lowest BCUT2D eigenvalue weighted by molar-refractivity contribution is 0.0917. The molecule has 1 fully saturated rings. The van der Waals surface area contributed by atoms with E-state index in [4.69, 9.17) is 14.2 Å². The van der Waals surface area contributed by atoms with Crippen LogP contribution in [0.4, 0.5) is 0 Å². The van der Waals surface area contributed by atoms with Gasteiger partial charge in [-0.1, -0.05) is 34.1 Å². The first-order valence-corrected chi connectivity index (χ1v) is 9.33. The molecule has 0 atom stereocenters. The number of halogens is 1. The summed E-state index contributed by atoms with van der Waals surface area (Å²) in [6.45, 7) is 3.02. The van der Waals surface area contributed by atoms with Gasteiger partial charge in [0.25, 0.3) is 0 Å². The second kappa shape index (κ2) is 8.59. The average Bonchev–Trinajstić information content (AvgIpc) is 2.63. The van der Waals surface area contributed by atoms with E-state index in [0.717, 1.165) is 48.4 Å². The molecule has 0 amide bonds. The number of piperidine rings is 1. The van der Waals surface area contributed by atoms with Crippen LogP contribution in [0, 0.1) is 0 Å². The van der Waals surface area contributed by atoms with Gasteiger partial charge in [0, 0.05) is 24.1 Å². The number of hydrogen-bond acceptors (Lipinski definition) is 4. The number of rotatable bonds is 6. The largest absolute Gasteiger partial charge is 0.493 e. The first kappa shape index (κ1) is 18.1. The summed E-state index contributed by atoms with van der Waals surface area (Å²) in [7, 11) is 3.31. The summed E-state index contributed by atoms with van der Waals surface area (Å²) in [5.41, 5.74) is 1.33. The Hall–Kier alpha value is -1.72. The highest BCUT2D eigenvalue weighted by molar-refractivity contribution is 9.10. The number of likely N-dealkylation sites (tertiary alicyclic amines) is 1. The lowest BCUT2D eigenvalue weighted by Crippen LogP contribution is -2.37. The van der Waals surface area contributed by atoms with Crippen LogP contribution < -0.4 is 14.2 Å². The van der Waals surface area contributed by atoms with Gasteiger partial charge in [-0.05, 0) is 42.7 Å². The van der Waals surface area contributed by atoms with Gasteiger partial charge in [0.15, 0.2) is 11.5 Å². The summed E-state index contributed by atoms with van der Waals surface area (Å²) >= 11 is 3.54. The molecule has 134 valence electrons. The van der Waals surface area contributed by atoms with Crippen LogP contribution in [0.25, 0.3) is 0 Å². The number of methoxy groups -OCH3 is 2. The first-order valence-electron chi connectivity index (χ1n) is 8.54. The minimum Gasteiger partial charge on any atom is -0.493 e. The third-order valence-electron chi connectivity index (χ3n) is 4.50. The monoisotopic (exact) mass is 405 g/mol. The topological polar surface area (TPSA) is 30.9 Å². The van der Waals surface area contributed by atoms with Crippen molar-refractivity contribution in [2.75, 3.05) is 27.3 Å². The highest BCUT2D eigenvalue weighted by atomic mass is 79.9. The summed E-state index contributed by atoms with van der Waals surface area (Å²) in [6.07, 6.45) is 2.17. The Morgan fingerprint density at radius 1 is 1.00 bits per heavy atom. The van der Waals surface area contributed by atoms with E-state index in [2.05, 4.69) is 45.1 Å². The molecule has 0 unspecified atom stereocenters. The van der Waals surface area contributed by atoms with Gasteiger partial charge >= 0.3 is 0 Å². The number of hydrogen-bond donors (Lipinski definition) is 0. The summed E-state index contributed by atoms with van der Waals surface area (Å²) in [6, 6.07) is 14.2. The summed E-state index contributed by atoms with van der Waals surface area (Å²) in [4.78, 5) is 2.47. The molecular weight excluding hydrogens is 382 g/mol. The fraction of sp³-hybridized carbons (Fsp3) is 0.400. The van der Waals surface area contributed by atoms with Crippen molar-refractivity contribution in [3.63, 3.8) is 0 Å². The molecule has 0 saturated carbocycles. The van der Waals surface area contributed by atoms with E-state index in [-0.39, 0.29) is 6.10 Å². The van der Waals surface area contributed by atoms with Crippen LogP contribution in [0.1, 0.15) is 18.4 Å². The molecule has 0 bridgehead atoms. The fourth-order valence-corrected chi connectivity index (χ4v) is 3.63. The molecule has 2 aromatic rings. The molecule has 1 heterocycles. The predicted molar refractivity (Wildman–Crippen MR) is 103 cm³/mol. The molecule has 25 heavy (non-hydrogen) atoms. The van der Waals surface area contributed by atoms with E-state index < -0.39 is 0 Å². The molecule has 4 nitrogen and oxygen atoms in total. The van der Waals surface area contributed by atoms with Crippen LogP contribution >= 0.6 is 15.9 Å². The minimum atomic E-state index is 0.184. The third kappa shape index (κ3) is 4.67. The molecule has 0 N–H and O–H groups in total. The smallest absolute Gasteiger partial charge is 0.203 e. The average molecular weight is 406 g/mol. The Labute approximate surface area is 157 Å². The van der Waals surface area contributed by atoms with Crippen LogP contribution in [0.15, 0.2) is 46.9 Å².